The van der Waals surface area contributed by atoms with Gasteiger partial charge in [-0.15, -0.1) is 23.4 Å². The van der Waals surface area contributed by atoms with Gasteiger partial charge in [0.15, 0.2) is 5.78 Å². The number of halogens is 2. The zero-order chi connectivity index (χ0) is 11.4. The van der Waals surface area contributed by atoms with Crippen LogP contribution in [-0.2, 0) is 0 Å². The average molecular weight is 263 g/mol. The molecule has 0 radical (unpaired) electrons. The molecule has 0 saturated carbocycles. The maximum Gasteiger partial charge on any atom is 0.181 e. The molecule has 0 aliphatic rings. The Bertz CT molecular complexity index is 364. The predicted octanol–water partition coefficient (Wildman–Crippen LogP) is 4.26. The predicted molar refractivity (Wildman–Crippen MR) is 67.5 cm³/mol. The number of hydrogen-bond donors (Lipinski definition) is 0. The Labute approximate surface area is 104 Å². The van der Waals surface area contributed by atoms with Crippen molar-refractivity contribution in [2.24, 2.45) is 0 Å². The van der Waals surface area contributed by atoms with E-state index in [1.54, 1.807) is 30.8 Å². The molecular weight excluding hydrogens is 251 g/mol. The van der Waals surface area contributed by atoms with Gasteiger partial charge in [-0.2, -0.15) is 0 Å². The van der Waals surface area contributed by atoms with Crippen LogP contribution in [0.5, 0.6) is 0 Å². The maximum absolute atomic E-state index is 11.8. The van der Waals surface area contributed by atoms with Crippen LogP contribution in [0.4, 0.5) is 0 Å². The van der Waals surface area contributed by atoms with Gasteiger partial charge in [0, 0.05) is 15.5 Å². The third kappa shape index (κ3) is 3.40. The molecule has 1 aromatic rings. The first kappa shape index (κ1) is 12.9. The minimum Gasteiger partial charge on any atom is -0.292 e. The van der Waals surface area contributed by atoms with Gasteiger partial charge in [0.05, 0.1) is 5.38 Å². The smallest absolute Gasteiger partial charge is 0.181 e. The quantitative estimate of drug-likeness (QED) is 0.458. The van der Waals surface area contributed by atoms with Crippen molar-refractivity contribution in [1.29, 1.82) is 0 Å². The summed E-state index contributed by atoms with van der Waals surface area (Å²) in [4.78, 5) is 12.7. The fourth-order valence-electron chi connectivity index (χ4n) is 1.19. The molecule has 0 saturated heterocycles. The van der Waals surface area contributed by atoms with Crippen LogP contribution in [0.1, 0.15) is 24.2 Å². The van der Waals surface area contributed by atoms with Crippen molar-refractivity contribution >= 4 is 40.7 Å². The molecule has 0 aliphatic heterocycles. The van der Waals surface area contributed by atoms with Crippen molar-refractivity contribution in [3.8, 4) is 0 Å². The molecule has 0 N–H and O–H groups in total. The van der Waals surface area contributed by atoms with Gasteiger partial charge in [-0.1, -0.05) is 18.5 Å². The van der Waals surface area contributed by atoms with E-state index in [1.807, 2.05) is 13.0 Å². The van der Waals surface area contributed by atoms with E-state index < -0.39 is 5.38 Å². The number of ketones is 1. The van der Waals surface area contributed by atoms with Crippen LogP contribution in [0, 0.1) is 0 Å². The Hall–Kier alpha value is -0.180. The summed E-state index contributed by atoms with van der Waals surface area (Å²) < 4.78 is 0. The highest BCUT2D eigenvalue weighted by molar-refractivity contribution is 7.99. The number of alkyl halides is 1. The van der Waals surface area contributed by atoms with Gasteiger partial charge < -0.3 is 0 Å². The van der Waals surface area contributed by atoms with Crippen molar-refractivity contribution in [2.45, 2.75) is 24.1 Å². The third-order valence-electron chi connectivity index (χ3n) is 1.87. The van der Waals surface area contributed by atoms with E-state index in [-0.39, 0.29) is 5.78 Å². The van der Waals surface area contributed by atoms with Crippen molar-refractivity contribution in [3.05, 3.63) is 28.8 Å². The van der Waals surface area contributed by atoms with E-state index in [4.69, 9.17) is 23.2 Å². The molecule has 0 aliphatic carbocycles. The molecule has 1 unspecified atom stereocenters. The second kappa shape index (κ2) is 5.78. The van der Waals surface area contributed by atoms with Gasteiger partial charge >= 0.3 is 0 Å². The topological polar surface area (TPSA) is 17.1 Å². The number of carbonyl (C=O) groups is 1. The number of thioether (sulfide) groups is 1. The number of benzene rings is 1. The van der Waals surface area contributed by atoms with Gasteiger partial charge in [0.25, 0.3) is 0 Å². The molecule has 82 valence electrons. The molecule has 0 spiro atoms. The second-order valence-electron chi connectivity index (χ2n) is 3.05. The molecule has 1 atom stereocenters. The van der Waals surface area contributed by atoms with Crippen LogP contribution in [0.25, 0.3) is 0 Å². The molecule has 1 nitrogen and oxygen atoms in total. The van der Waals surface area contributed by atoms with Crippen LogP contribution < -0.4 is 0 Å². The monoisotopic (exact) mass is 262 g/mol. The molecule has 0 heterocycles. The lowest BCUT2D eigenvalue weighted by molar-refractivity contribution is 0.0989. The fraction of sp³-hybridized carbons (Fsp3) is 0.364. The number of Topliss-reactive ketones (excluding diaryl/α,β-unsaturated/α-hetero) is 1. The Morgan fingerprint density at radius 3 is 2.73 bits per heavy atom. The standard InChI is InChI=1S/C11H12Cl2OS/c1-3-15-10-5-4-8(13)6-9(10)11(14)7(2)12/h4-7H,3H2,1-2H3. The van der Waals surface area contributed by atoms with E-state index in [2.05, 4.69) is 0 Å². The molecule has 1 aromatic carbocycles. The highest BCUT2D eigenvalue weighted by Crippen LogP contribution is 2.27. The van der Waals surface area contributed by atoms with Crippen molar-refractivity contribution in [3.63, 3.8) is 0 Å². The Kier molecular flexibility index (Phi) is 4.97. The van der Waals surface area contributed by atoms with E-state index in [0.717, 1.165) is 10.6 Å². The van der Waals surface area contributed by atoms with Gasteiger partial charge in [-0.3, -0.25) is 4.79 Å². The Morgan fingerprint density at radius 1 is 1.53 bits per heavy atom. The van der Waals surface area contributed by atoms with E-state index in [1.165, 1.54) is 0 Å². The first-order chi connectivity index (χ1) is 7.06. The molecular formula is C11H12Cl2OS. The molecule has 4 heteroatoms. The third-order valence-corrected chi connectivity index (χ3v) is 3.26. The van der Waals surface area contributed by atoms with Gasteiger partial charge in [-0.05, 0) is 30.9 Å². The summed E-state index contributed by atoms with van der Waals surface area (Å²) in [6.07, 6.45) is 0. The summed E-state index contributed by atoms with van der Waals surface area (Å²) in [5.41, 5.74) is 0.622. The largest absolute Gasteiger partial charge is 0.292 e. The summed E-state index contributed by atoms with van der Waals surface area (Å²) in [5, 5.41) is 0.0517. The first-order valence-electron chi connectivity index (χ1n) is 4.67. The SMILES string of the molecule is CCSc1ccc(Cl)cc1C(=O)C(C)Cl. The van der Waals surface area contributed by atoms with Gasteiger partial charge in [-0.25, -0.2) is 0 Å². The van der Waals surface area contributed by atoms with Crippen molar-refractivity contribution in [1.82, 2.24) is 0 Å². The highest BCUT2D eigenvalue weighted by atomic mass is 35.5. The zero-order valence-corrected chi connectivity index (χ0v) is 10.9. The lowest BCUT2D eigenvalue weighted by Crippen LogP contribution is -2.11. The fourth-order valence-corrected chi connectivity index (χ4v) is 2.27. The summed E-state index contributed by atoms with van der Waals surface area (Å²) in [7, 11) is 0. The van der Waals surface area contributed by atoms with Crippen molar-refractivity contribution in [2.75, 3.05) is 5.75 Å². The normalized spacial score (nSPS) is 12.5. The van der Waals surface area contributed by atoms with Gasteiger partial charge in [0.2, 0.25) is 0 Å². The average Bonchev–Trinajstić information content (AvgIpc) is 2.20. The van der Waals surface area contributed by atoms with Crippen LogP contribution in [-0.4, -0.2) is 16.9 Å². The lowest BCUT2D eigenvalue weighted by atomic mass is 10.1. The summed E-state index contributed by atoms with van der Waals surface area (Å²) >= 11 is 13.3. The number of rotatable bonds is 4. The minimum atomic E-state index is -0.514. The maximum atomic E-state index is 11.8. The number of hydrogen-bond acceptors (Lipinski definition) is 2. The first-order valence-corrected chi connectivity index (χ1v) is 6.47. The molecule has 0 fully saturated rings. The number of carbonyl (C=O) groups excluding carboxylic acids is 1. The molecule has 0 aromatic heterocycles. The molecule has 15 heavy (non-hydrogen) atoms. The minimum absolute atomic E-state index is 0.0740. The summed E-state index contributed by atoms with van der Waals surface area (Å²) in [6.45, 7) is 3.71. The highest BCUT2D eigenvalue weighted by Gasteiger charge is 2.16. The molecule has 1 rings (SSSR count). The second-order valence-corrected chi connectivity index (χ2v) is 5.45. The zero-order valence-electron chi connectivity index (χ0n) is 8.59. The lowest BCUT2D eigenvalue weighted by Gasteiger charge is -2.09. The van der Waals surface area contributed by atoms with E-state index in [0.29, 0.717) is 10.6 Å². The van der Waals surface area contributed by atoms with Gasteiger partial charge in [0.1, 0.15) is 0 Å². The molecule has 0 bridgehead atoms. The summed E-state index contributed by atoms with van der Waals surface area (Å²) in [5.74, 6) is 0.841. The van der Waals surface area contributed by atoms with Crippen LogP contribution in [0.15, 0.2) is 23.1 Å². The van der Waals surface area contributed by atoms with Crippen LogP contribution in [0.3, 0.4) is 0 Å². The Morgan fingerprint density at radius 2 is 2.20 bits per heavy atom. The summed E-state index contributed by atoms with van der Waals surface area (Å²) in [6, 6.07) is 5.33. The van der Waals surface area contributed by atoms with Crippen molar-refractivity contribution < 1.29 is 4.79 Å². The Balaban J connectivity index is 3.12. The van der Waals surface area contributed by atoms with Crippen LogP contribution in [0.2, 0.25) is 5.02 Å². The van der Waals surface area contributed by atoms with E-state index >= 15 is 0 Å². The molecule has 0 amide bonds. The van der Waals surface area contributed by atoms with E-state index in [9.17, 15) is 4.79 Å². The van der Waals surface area contributed by atoms with Crippen LogP contribution >= 0.6 is 35.0 Å².